The van der Waals surface area contributed by atoms with Crippen molar-refractivity contribution in [2.24, 2.45) is 0 Å². The number of benzene rings is 1. The number of nitrogens with zero attached hydrogens (tertiary/aromatic N) is 2. The summed E-state index contributed by atoms with van der Waals surface area (Å²) in [5.41, 5.74) is 0.347. The van der Waals surface area contributed by atoms with E-state index in [1.165, 1.54) is 16.4 Å². The van der Waals surface area contributed by atoms with Crippen molar-refractivity contribution >= 4 is 27.5 Å². The Hall–Kier alpha value is -2.17. The Labute approximate surface area is 157 Å². The molecule has 3 aliphatic rings. The van der Waals surface area contributed by atoms with Gasteiger partial charge in [-0.2, -0.15) is 4.31 Å². The summed E-state index contributed by atoms with van der Waals surface area (Å²) in [6.45, 7) is 1.63. The first-order valence-electron chi connectivity index (χ1n) is 8.92. The minimum atomic E-state index is -3.72. The van der Waals surface area contributed by atoms with E-state index in [1.807, 2.05) is 0 Å². The summed E-state index contributed by atoms with van der Waals surface area (Å²) >= 11 is 0. The molecule has 0 radical (unpaired) electrons. The lowest BCUT2D eigenvalue weighted by Crippen LogP contribution is -2.52. The van der Waals surface area contributed by atoms with Gasteiger partial charge in [0.05, 0.1) is 10.6 Å². The maximum absolute atomic E-state index is 12.9. The van der Waals surface area contributed by atoms with E-state index in [1.54, 1.807) is 11.0 Å². The van der Waals surface area contributed by atoms with Crippen molar-refractivity contribution < 1.29 is 27.5 Å². The first-order valence-corrected chi connectivity index (χ1v) is 10.4. The summed E-state index contributed by atoms with van der Waals surface area (Å²) in [6.07, 6.45) is 1.21. The third-order valence-electron chi connectivity index (χ3n) is 4.98. The van der Waals surface area contributed by atoms with Crippen molar-refractivity contribution in [1.82, 2.24) is 9.21 Å². The fourth-order valence-electron chi connectivity index (χ4n) is 3.50. The maximum atomic E-state index is 12.9. The van der Waals surface area contributed by atoms with Crippen molar-refractivity contribution in [2.45, 2.75) is 23.8 Å². The number of carbonyl (C=O) groups is 2. The molecule has 1 aromatic carbocycles. The number of fused-ring (bicyclic) bond motifs is 1. The molecule has 0 aromatic heterocycles. The zero-order valence-corrected chi connectivity index (χ0v) is 15.5. The Morgan fingerprint density at radius 1 is 1.19 bits per heavy atom. The lowest BCUT2D eigenvalue weighted by Gasteiger charge is -2.35. The second-order valence-corrected chi connectivity index (χ2v) is 8.66. The van der Waals surface area contributed by atoms with Crippen LogP contribution in [0.4, 0.5) is 5.69 Å². The van der Waals surface area contributed by atoms with Crippen molar-refractivity contribution in [3.05, 3.63) is 18.2 Å². The quantitative estimate of drug-likeness (QED) is 0.774. The zero-order chi connectivity index (χ0) is 19.0. The van der Waals surface area contributed by atoms with Gasteiger partial charge in [0.15, 0.2) is 6.61 Å². The molecule has 2 amide bonds. The fraction of sp³-hybridized carbons (Fsp3) is 0.529. The zero-order valence-electron chi connectivity index (χ0n) is 14.7. The van der Waals surface area contributed by atoms with Crippen LogP contribution in [0, 0.1) is 0 Å². The van der Waals surface area contributed by atoms with Crippen LogP contribution in [0.15, 0.2) is 23.1 Å². The molecule has 146 valence electrons. The first-order chi connectivity index (χ1) is 12.9. The van der Waals surface area contributed by atoms with E-state index in [2.05, 4.69) is 5.32 Å². The van der Waals surface area contributed by atoms with E-state index in [0.717, 1.165) is 12.8 Å². The Balaban J connectivity index is 1.45. The number of nitrogens with one attached hydrogen (secondary N) is 1. The molecule has 2 saturated heterocycles. The van der Waals surface area contributed by atoms with Crippen LogP contribution in [0.1, 0.15) is 12.8 Å². The highest BCUT2D eigenvalue weighted by molar-refractivity contribution is 7.89. The second-order valence-electron chi connectivity index (χ2n) is 6.73. The average Bonchev–Trinajstić information content (AvgIpc) is 3.21. The van der Waals surface area contributed by atoms with E-state index in [-0.39, 0.29) is 36.4 Å². The van der Waals surface area contributed by atoms with E-state index >= 15 is 0 Å². The molecule has 27 heavy (non-hydrogen) atoms. The van der Waals surface area contributed by atoms with Crippen molar-refractivity contribution in [3.63, 3.8) is 0 Å². The largest absolute Gasteiger partial charge is 0.482 e. The number of hydrogen-bond donors (Lipinski definition) is 1. The van der Waals surface area contributed by atoms with Crippen LogP contribution in [0.2, 0.25) is 0 Å². The topological polar surface area (TPSA) is 105 Å². The monoisotopic (exact) mass is 395 g/mol. The molecule has 3 heterocycles. The Morgan fingerprint density at radius 3 is 2.67 bits per heavy atom. The number of piperazine rings is 1. The summed E-state index contributed by atoms with van der Waals surface area (Å²) in [4.78, 5) is 25.6. The Bertz CT molecular complexity index is 857. The molecule has 1 N–H and O–H groups in total. The molecule has 0 spiro atoms. The van der Waals surface area contributed by atoms with Gasteiger partial charge in [0.1, 0.15) is 11.9 Å². The van der Waals surface area contributed by atoms with E-state index < -0.39 is 16.1 Å². The maximum Gasteiger partial charge on any atom is 0.262 e. The predicted molar refractivity (Wildman–Crippen MR) is 94.9 cm³/mol. The molecule has 0 unspecified atom stereocenters. The molecule has 9 nitrogen and oxygen atoms in total. The van der Waals surface area contributed by atoms with E-state index in [0.29, 0.717) is 31.1 Å². The Kier molecular flexibility index (Phi) is 4.79. The summed E-state index contributed by atoms with van der Waals surface area (Å²) in [5, 5.41) is 2.61. The van der Waals surface area contributed by atoms with Crippen LogP contribution in [-0.2, 0) is 24.3 Å². The normalized spacial score (nSPS) is 23.5. The third-order valence-corrected chi connectivity index (χ3v) is 6.87. The van der Waals surface area contributed by atoms with Crippen LogP contribution in [0.25, 0.3) is 0 Å². The van der Waals surface area contributed by atoms with Crippen LogP contribution >= 0.6 is 0 Å². The van der Waals surface area contributed by atoms with Crippen LogP contribution in [0.5, 0.6) is 5.75 Å². The van der Waals surface area contributed by atoms with Gasteiger partial charge >= 0.3 is 0 Å². The summed E-state index contributed by atoms with van der Waals surface area (Å²) in [6, 6.07) is 4.42. The minimum Gasteiger partial charge on any atom is -0.482 e. The van der Waals surface area contributed by atoms with Gasteiger partial charge in [-0.1, -0.05) is 0 Å². The van der Waals surface area contributed by atoms with Crippen molar-refractivity contribution in [3.8, 4) is 5.75 Å². The molecule has 10 heteroatoms. The number of rotatable bonds is 3. The minimum absolute atomic E-state index is 0.0572. The molecule has 1 aromatic rings. The standard InChI is InChI=1S/C17H21N3O6S/c21-16-11-26-14-4-3-12(10-13(14)18-16)27(23,24)20-7-5-19(6-8-20)17(22)15-2-1-9-25-15/h3-4,10,15H,1-2,5-9,11H2,(H,18,21)/t15-/m0/s1. The highest BCUT2D eigenvalue weighted by Crippen LogP contribution is 2.31. The SMILES string of the molecule is O=C1COc2ccc(S(=O)(=O)N3CCN(C(=O)[C@@H]4CCCO4)CC3)cc2N1. The van der Waals surface area contributed by atoms with Gasteiger partial charge in [0.2, 0.25) is 10.0 Å². The molecule has 1 atom stereocenters. The third kappa shape index (κ3) is 3.52. The number of sulfonamides is 1. The fourth-order valence-corrected chi connectivity index (χ4v) is 4.95. The van der Waals surface area contributed by atoms with Gasteiger partial charge in [-0.05, 0) is 31.0 Å². The second kappa shape index (κ2) is 7.10. The lowest BCUT2D eigenvalue weighted by atomic mass is 10.2. The molecule has 3 aliphatic heterocycles. The highest BCUT2D eigenvalue weighted by Gasteiger charge is 2.34. The van der Waals surface area contributed by atoms with Crippen LogP contribution in [-0.4, -0.2) is 74.9 Å². The lowest BCUT2D eigenvalue weighted by molar-refractivity contribution is -0.142. The number of ether oxygens (including phenoxy) is 2. The summed E-state index contributed by atoms with van der Waals surface area (Å²) in [5.74, 6) is 0.0667. The predicted octanol–water partition coefficient (Wildman–Crippen LogP) is 0.0294. The number of anilines is 1. The van der Waals surface area contributed by atoms with Crippen LogP contribution in [0.3, 0.4) is 0 Å². The molecular weight excluding hydrogens is 374 g/mol. The van der Waals surface area contributed by atoms with E-state index in [4.69, 9.17) is 9.47 Å². The number of carbonyl (C=O) groups excluding carboxylic acids is 2. The van der Waals surface area contributed by atoms with Crippen molar-refractivity contribution in [1.29, 1.82) is 0 Å². The van der Waals surface area contributed by atoms with Crippen LogP contribution < -0.4 is 10.1 Å². The first kappa shape index (κ1) is 18.2. The molecule has 0 bridgehead atoms. The molecule has 4 rings (SSSR count). The Morgan fingerprint density at radius 2 is 1.96 bits per heavy atom. The smallest absolute Gasteiger partial charge is 0.262 e. The van der Waals surface area contributed by atoms with Gasteiger partial charge in [-0.15, -0.1) is 0 Å². The molecular formula is C17H21N3O6S. The summed E-state index contributed by atoms with van der Waals surface area (Å²) in [7, 11) is -3.72. The van der Waals surface area contributed by atoms with Gasteiger partial charge in [0.25, 0.3) is 11.8 Å². The number of hydrogen-bond acceptors (Lipinski definition) is 6. The average molecular weight is 395 g/mol. The molecule has 0 saturated carbocycles. The summed E-state index contributed by atoms with van der Waals surface area (Å²) < 4.78 is 37.9. The molecule has 0 aliphatic carbocycles. The highest BCUT2D eigenvalue weighted by atomic mass is 32.2. The number of amides is 2. The van der Waals surface area contributed by atoms with Gasteiger partial charge < -0.3 is 19.7 Å². The van der Waals surface area contributed by atoms with Gasteiger partial charge in [-0.3, -0.25) is 9.59 Å². The van der Waals surface area contributed by atoms with E-state index in [9.17, 15) is 18.0 Å². The van der Waals surface area contributed by atoms with Crippen molar-refractivity contribution in [2.75, 3.05) is 44.7 Å². The van der Waals surface area contributed by atoms with Gasteiger partial charge in [-0.25, -0.2) is 8.42 Å². The molecule has 2 fully saturated rings. The van der Waals surface area contributed by atoms with Gasteiger partial charge in [0, 0.05) is 32.8 Å².